The first-order valence-corrected chi connectivity index (χ1v) is 15.0. The van der Waals surface area contributed by atoms with E-state index in [4.69, 9.17) is 9.72 Å². The predicted octanol–water partition coefficient (Wildman–Crippen LogP) is 6.28. The van der Waals surface area contributed by atoms with Gasteiger partial charge in [-0.1, -0.05) is 68.2 Å². The van der Waals surface area contributed by atoms with E-state index in [-0.39, 0.29) is 5.56 Å². The van der Waals surface area contributed by atoms with E-state index >= 15 is 0 Å². The van der Waals surface area contributed by atoms with Crippen LogP contribution in [0.5, 0.6) is 0 Å². The lowest BCUT2D eigenvalue weighted by Gasteiger charge is -2.16. The van der Waals surface area contributed by atoms with Crippen molar-refractivity contribution in [1.82, 2.24) is 14.5 Å². The number of hydrogen-bond donors (Lipinski definition) is 1. The number of nitrogens with zero attached hydrogens (tertiary/aromatic N) is 3. The molecule has 0 fully saturated rings. The zero-order valence-electron chi connectivity index (χ0n) is 19.7. The van der Waals surface area contributed by atoms with Gasteiger partial charge in [0.05, 0.1) is 23.1 Å². The van der Waals surface area contributed by atoms with Gasteiger partial charge in [-0.25, -0.2) is 14.8 Å². The second-order valence-electron chi connectivity index (χ2n) is 9.44. The van der Waals surface area contributed by atoms with Gasteiger partial charge >= 0.3 is 5.97 Å². The van der Waals surface area contributed by atoms with Crippen LogP contribution in [0, 0.1) is 0 Å². The summed E-state index contributed by atoms with van der Waals surface area (Å²) in [4.78, 5) is 21.0. The molecule has 0 radical (unpaired) electrons. The minimum atomic E-state index is -1.21. The molecule has 0 saturated heterocycles. The van der Waals surface area contributed by atoms with Crippen molar-refractivity contribution >= 4 is 37.4 Å². The minimum absolute atomic E-state index is 0.237. The highest BCUT2D eigenvalue weighted by molar-refractivity contribution is 6.76. The summed E-state index contributed by atoms with van der Waals surface area (Å²) in [5, 5.41) is 9.44. The molecule has 0 aliphatic rings. The molecule has 4 rings (SSSR count). The quantitative estimate of drug-likeness (QED) is 0.230. The monoisotopic (exact) mass is 471 g/mol. The van der Waals surface area contributed by atoms with E-state index in [0.29, 0.717) is 19.0 Å². The summed E-state index contributed by atoms with van der Waals surface area (Å²) in [7, 11) is -1.21. The van der Waals surface area contributed by atoms with Crippen LogP contribution in [0.2, 0.25) is 25.7 Å². The lowest BCUT2D eigenvalue weighted by Crippen LogP contribution is -2.22. The van der Waals surface area contributed by atoms with Gasteiger partial charge in [0.2, 0.25) is 0 Å². The van der Waals surface area contributed by atoms with Crippen LogP contribution in [-0.2, 0) is 11.5 Å². The molecule has 4 aromatic rings. The SMILES string of the molecule is C[Si](C)(C)CCOCn1c(-c2cccc(C(=O)O)c2)cc2nc(/C=C/c3ccccc3)cnc21. The van der Waals surface area contributed by atoms with Crippen LogP contribution in [0.1, 0.15) is 21.6 Å². The number of hydrogen-bond acceptors (Lipinski definition) is 4. The Labute approximate surface area is 200 Å². The standard InChI is InChI=1S/C27H29N3O3Si/c1-34(2,3)15-14-33-19-30-25(21-10-7-11-22(16-21)27(31)32)17-24-26(30)28-18-23(29-24)13-12-20-8-5-4-6-9-20/h4-13,16-18H,14-15,19H2,1-3H3,(H,31,32)/b13-12+. The molecule has 0 unspecified atom stereocenters. The van der Waals surface area contributed by atoms with Crippen LogP contribution in [-0.4, -0.2) is 40.3 Å². The fraction of sp³-hybridized carbons (Fsp3) is 0.222. The Balaban J connectivity index is 1.69. The molecule has 34 heavy (non-hydrogen) atoms. The summed E-state index contributed by atoms with van der Waals surface area (Å²) in [6.07, 6.45) is 5.69. The van der Waals surface area contributed by atoms with Crippen molar-refractivity contribution in [3.05, 3.63) is 83.7 Å². The molecular formula is C27H29N3O3Si. The van der Waals surface area contributed by atoms with Gasteiger partial charge in [0.15, 0.2) is 5.65 Å². The van der Waals surface area contributed by atoms with Crippen molar-refractivity contribution in [3.63, 3.8) is 0 Å². The molecule has 0 spiro atoms. The van der Waals surface area contributed by atoms with Crippen molar-refractivity contribution in [2.75, 3.05) is 6.61 Å². The van der Waals surface area contributed by atoms with E-state index in [1.165, 1.54) is 0 Å². The van der Waals surface area contributed by atoms with E-state index in [9.17, 15) is 9.90 Å². The number of ether oxygens (including phenoxy) is 1. The maximum absolute atomic E-state index is 11.5. The van der Waals surface area contributed by atoms with Crippen LogP contribution in [0.3, 0.4) is 0 Å². The Hall–Kier alpha value is -3.55. The Morgan fingerprint density at radius 1 is 1.06 bits per heavy atom. The van der Waals surface area contributed by atoms with Crippen LogP contribution in [0.4, 0.5) is 0 Å². The smallest absolute Gasteiger partial charge is 0.335 e. The molecule has 0 saturated carbocycles. The van der Waals surface area contributed by atoms with Gasteiger partial charge in [-0.05, 0) is 41.4 Å². The number of rotatable bonds is 9. The number of carbonyl (C=O) groups is 1. The van der Waals surface area contributed by atoms with Gasteiger partial charge in [-0.3, -0.25) is 4.57 Å². The summed E-state index contributed by atoms with van der Waals surface area (Å²) < 4.78 is 8.01. The molecule has 0 amide bonds. The Morgan fingerprint density at radius 2 is 1.85 bits per heavy atom. The van der Waals surface area contributed by atoms with Crippen molar-refractivity contribution in [2.45, 2.75) is 32.4 Å². The molecule has 2 heterocycles. The number of aromatic nitrogens is 3. The second-order valence-corrected chi connectivity index (χ2v) is 15.1. The zero-order valence-corrected chi connectivity index (χ0v) is 20.7. The van der Waals surface area contributed by atoms with E-state index < -0.39 is 14.0 Å². The highest BCUT2D eigenvalue weighted by atomic mass is 28.3. The largest absolute Gasteiger partial charge is 0.478 e. The van der Waals surface area contributed by atoms with Gasteiger partial charge in [-0.2, -0.15) is 0 Å². The molecular weight excluding hydrogens is 442 g/mol. The van der Waals surface area contributed by atoms with E-state index in [1.54, 1.807) is 24.4 Å². The van der Waals surface area contributed by atoms with Gasteiger partial charge in [-0.15, -0.1) is 0 Å². The Morgan fingerprint density at radius 3 is 2.59 bits per heavy atom. The Bertz CT molecular complexity index is 1320. The van der Waals surface area contributed by atoms with Gasteiger partial charge in [0, 0.05) is 14.7 Å². The summed E-state index contributed by atoms with van der Waals surface area (Å²) in [5.41, 5.74) is 5.13. The number of aromatic carboxylic acids is 1. The highest BCUT2D eigenvalue weighted by Crippen LogP contribution is 2.28. The number of fused-ring (bicyclic) bond motifs is 1. The number of carboxylic acid groups (broad SMARTS) is 1. The average molecular weight is 472 g/mol. The Kier molecular flexibility index (Phi) is 7.05. The predicted molar refractivity (Wildman–Crippen MR) is 139 cm³/mol. The highest BCUT2D eigenvalue weighted by Gasteiger charge is 2.16. The van der Waals surface area contributed by atoms with Crippen LogP contribution < -0.4 is 0 Å². The van der Waals surface area contributed by atoms with Crippen molar-refractivity contribution in [2.24, 2.45) is 0 Å². The molecule has 1 N–H and O–H groups in total. The third-order valence-electron chi connectivity index (χ3n) is 5.49. The fourth-order valence-electron chi connectivity index (χ4n) is 3.58. The molecule has 0 aliphatic heterocycles. The summed E-state index contributed by atoms with van der Waals surface area (Å²) >= 11 is 0. The number of benzene rings is 2. The van der Waals surface area contributed by atoms with Gasteiger partial charge in [0.1, 0.15) is 12.2 Å². The second kappa shape index (κ2) is 10.2. The molecule has 0 bridgehead atoms. The summed E-state index contributed by atoms with van der Waals surface area (Å²) in [5.74, 6) is -0.958. The number of carboxylic acids is 1. The van der Waals surface area contributed by atoms with Crippen LogP contribution >= 0.6 is 0 Å². The van der Waals surface area contributed by atoms with E-state index in [1.807, 2.05) is 59.2 Å². The third kappa shape index (κ3) is 5.87. The van der Waals surface area contributed by atoms with E-state index in [2.05, 4.69) is 24.6 Å². The maximum atomic E-state index is 11.5. The molecule has 2 aromatic heterocycles. The minimum Gasteiger partial charge on any atom is -0.478 e. The molecule has 6 nitrogen and oxygen atoms in total. The van der Waals surface area contributed by atoms with Crippen LogP contribution in [0.25, 0.3) is 34.6 Å². The molecule has 2 aromatic carbocycles. The molecule has 174 valence electrons. The van der Waals surface area contributed by atoms with Gasteiger partial charge in [0.25, 0.3) is 0 Å². The molecule has 7 heteroatoms. The van der Waals surface area contributed by atoms with E-state index in [0.717, 1.165) is 34.1 Å². The average Bonchev–Trinajstić information content (AvgIpc) is 3.18. The van der Waals surface area contributed by atoms with Crippen molar-refractivity contribution in [3.8, 4) is 11.3 Å². The fourth-order valence-corrected chi connectivity index (χ4v) is 4.34. The third-order valence-corrected chi connectivity index (χ3v) is 7.19. The van der Waals surface area contributed by atoms with Crippen molar-refractivity contribution < 1.29 is 14.6 Å². The normalized spacial score (nSPS) is 12.0. The molecule has 0 atom stereocenters. The molecule has 0 aliphatic carbocycles. The van der Waals surface area contributed by atoms with Crippen LogP contribution in [0.15, 0.2) is 66.9 Å². The van der Waals surface area contributed by atoms with Gasteiger partial charge < -0.3 is 9.84 Å². The first-order chi connectivity index (χ1) is 16.3. The summed E-state index contributed by atoms with van der Waals surface area (Å²) in [6, 6.07) is 20.0. The maximum Gasteiger partial charge on any atom is 0.335 e. The first kappa shape index (κ1) is 23.6. The summed E-state index contributed by atoms with van der Waals surface area (Å²) in [6.45, 7) is 7.96. The first-order valence-electron chi connectivity index (χ1n) is 11.3. The topological polar surface area (TPSA) is 77.2 Å². The zero-order chi connectivity index (χ0) is 24.1. The lowest BCUT2D eigenvalue weighted by molar-refractivity contribution is 0.0697. The van der Waals surface area contributed by atoms with Crippen molar-refractivity contribution in [1.29, 1.82) is 0 Å². The lowest BCUT2D eigenvalue weighted by atomic mass is 10.1.